The van der Waals surface area contributed by atoms with E-state index < -0.39 is 0 Å². The minimum Gasteiger partial charge on any atom is -0.497 e. The average molecular weight is 492 g/mol. The van der Waals surface area contributed by atoms with Crippen molar-refractivity contribution in [3.63, 3.8) is 0 Å². The number of amides is 1. The van der Waals surface area contributed by atoms with Crippen LogP contribution in [0.25, 0.3) is 0 Å². The molecule has 1 aromatic carbocycles. The van der Waals surface area contributed by atoms with Gasteiger partial charge in [-0.2, -0.15) is 11.8 Å². The summed E-state index contributed by atoms with van der Waals surface area (Å²) in [5.74, 6) is 2.65. The first-order valence-corrected chi connectivity index (χ1v) is 9.55. The number of halogens is 1. The number of aliphatic imine (C=N–C) groups is 1. The van der Waals surface area contributed by atoms with Gasteiger partial charge in [0.1, 0.15) is 5.75 Å². The zero-order valence-electron chi connectivity index (χ0n) is 15.6. The van der Waals surface area contributed by atoms with Crippen LogP contribution in [0.5, 0.6) is 5.75 Å². The molecule has 1 saturated heterocycles. The minimum absolute atomic E-state index is 0. The van der Waals surface area contributed by atoms with Crippen molar-refractivity contribution in [2.24, 2.45) is 4.99 Å². The molecule has 0 aromatic heterocycles. The number of benzene rings is 1. The first-order chi connectivity index (χ1) is 12.1. The van der Waals surface area contributed by atoms with E-state index in [0.29, 0.717) is 23.4 Å². The van der Waals surface area contributed by atoms with Crippen LogP contribution in [0.4, 0.5) is 0 Å². The lowest BCUT2D eigenvalue weighted by atomic mass is 10.1. The summed E-state index contributed by atoms with van der Waals surface area (Å²) in [5, 5.41) is 9.50. The second kappa shape index (κ2) is 11.5. The van der Waals surface area contributed by atoms with Gasteiger partial charge >= 0.3 is 0 Å². The van der Waals surface area contributed by atoms with E-state index in [1.807, 2.05) is 11.8 Å². The van der Waals surface area contributed by atoms with Crippen LogP contribution in [0.2, 0.25) is 0 Å². The van der Waals surface area contributed by atoms with Gasteiger partial charge in [0.05, 0.1) is 7.11 Å². The molecular weight excluding hydrogens is 463 g/mol. The van der Waals surface area contributed by atoms with Crippen LogP contribution in [0.3, 0.4) is 0 Å². The number of carbonyl (C=O) groups excluding carboxylic acids is 1. The van der Waals surface area contributed by atoms with Gasteiger partial charge in [0.15, 0.2) is 5.96 Å². The van der Waals surface area contributed by atoms with Crippen LogP contribution in [0.1, 0.15) is 30.1 Å². The summed E-state index contributed by atoms with van der Waals surface area (Å²) in [4.78, 5) is 16.3. The van der Waals surface area contributed by atoms with Crippen molar-refractivity contribution < 1.29 is 9.53 Å². The molecule has 1 unspecified atom stereocenters. The number of hydrogen-bond acceptors (Lipinski definition) is 4. The molecule has 0 spiro atoms. The predicted molar refractivity (Wildman–Crippen MR) is 120 cm³/mol. The second-order valence-corrected chi connectivity index (χ2v) is 7.92. The molecule has 0 radical (unpaired) electrons. The highest BCUT2D eigenvalue weighted by Crippen LogP contribution is 2.36. The molecule has 1 heterocycles. The third-order valence-corrected chi connectivity index (χ3v) is 5.75. The van der Waals surface area contributed by atoms with Gasteiger partial charge in [0.25, 0.3) is 5.91 Å². The highest BCUT2D eigenvalue weighted by atomic mass is 127. The fraction of sp³-hybridized carbons (Fsp3) is 0.556. The normalized spacial score (nSPS) is 19.4. The van der Waals surface area contributed by atoms with E-state index >= 15 is 0 Å². The van der Waals surface area contributed by atoms with Crippen molar-refractivity contribution in [1.29, 1.82) is 0 Å². The van der Waals surface area contributed by atoms with E-state index in [1.165, 1.54) is 18.6 Å². The number of guanidine groups is 1. The maximum atomic E-state index is 12.1. The van der Waals surface area contributed by atoms with Crippen molar-refractivity contribution in [1.82, 2.24) is 16.0 Å². The zero-order valence-corrected chi connectivity index (χ0v) is 18.8. The molecule has 6 nitrogen and oxygen atoms in total. The van der Waals surface area contributed by atoms with Crippen LogP contribution in [-0.4, -0.2) is 56.2 Å². The summed E-state index contributed by atoms with van der Waals surface area (Å²) < 4.78 is 5.38. The van der Waals surface area contributed by atoms with Gasteiger partial charge in [-0.05, 0) is 49.8 Å². The molecule has 2 rings (SSSR count). The van der Waals surface area contributed by atoms with Gasteiger partial charge < -0.3 is 20.7 Å². The smallest absolute Gasteiger partial charge is 0.251 e. The number of hydrogen-bond donors (Lipinski definition) is 3. The van der Waals surface area contributed by atoms with Crippen molar-refractivity contribution >= 4 is 47.6 Å². The van der Waals surface area contributed by atoms with Crippen molar-refractivity contribution in [2.45, 2.75) is 24.5 Å². The van der Waals surface area contributed by atoms with Crippen molar-refractivity contribution in [3.05, 3.63) is 29.8 Å². The SMILES string of the molecule is CN=C(NCCNC(=O)c1ccc(OC)cc1)NCC1(C)CCCS1.I. The number of carbonyl (C=O) groups is 1. The highest BCUT2D eigenvalue weighted by molar-refractivity contribution is 14.0. The molecule has 1 fully saturated rings. The summed E-state index contributed by atoms with van der Waals surface area (Å²) >= 11 is 2.02. The molecule has 1 amide bonds. The van der Waals surface area contributed by atoms with Crippen molar-refractivity contribution in [2.75, 3.05) is 39.5 Å². The molecule has 8 heteroatoms. The van der Waals surface area contributed by atoms with E-state index in [2.05, 4.69) is 27.9 Å². The summed E-state index contributed by atoms with van der Waals surface area (Å²) in [6, 6.07) is 7.06. The standard InChI is InChI=1S/C18H28N4O2S.HI/c1-18(9-4-12-25-18)13-22-17(19-2)21-11-10-20-16(23)14-5-7-15(24-3)8-6-14;/h5-8H,4,9-13H2,1-3H3,(H,20,23)(H2,19,21,22);1H. The number of nitrogens with zero attached hydrogens (tertiary/aromatic N) is 1. The molecular formula is C18H29IN4O2S. The quantitative estimate of drug-likeness (QED) is 0.236. The Morgan fingerprint density at radius 3 is 2.50 bits per heavy atom. The van der Waals surface area contributed by atoms with Gasteiger partial charge in [-0.3, -0.25) is 9.79 Å². The van der Waals surface area contributed by atoms with E-state index in [1.54, 1.807) is 38.4 Å². The topological polar surface area (TPSA) is 74.8 Å². The summed E-state index contributed by atoms with van der Waals surface area (Å²) in [5.41, 5.74) is 0.620. The molecule has 1 atom stereocenters. The molecule has 0 bridgehead atoms. The Hall–Kier alpha value is -1.16. The number of rotatable bonds is 7. The number of nitrogens with one attached hydrogen (secondary N) is 3. The maximum absolute atomic E-state index is 12.1. The van der Waals surface area contributed by atoms with Gasteiger partial charge in [-0.1, -0.05) is 0 Å². The van der Waals surface area contributed by atoms with Crippen LogP contribution in [0, 0.1) is 0 Å². The van der Waals surface area contributed by atoms with E-state index in [-0.39, 0.29) is 29.9 Å². The van der Waals surface area contributed by atoms with Crippen LogP contribution >= 0.6 is 35.7 Å². The fourth-order valence-corrected chi connectivity index (χ4v) is 3.91. The van der Waals surface area contributed by atoms with Gasteiger partial charge in [0, 0.05) is 37.0 Å². The number of ether oxygens (including phenoxy) is 1. The highest BCUT2D eigenvalue weighted by Gasteiger charge is 2.29. The molecule has 146 valence electrons. The minimum atomic E-state index is -0.0951. The number of thioether (sulfide) groups is 1. The van der Waals surface area contributed by atoms with E-state index in [9.17, 15) is 4.79 Å². The lowest BCUT2D eigenvalue weighted by Crippen LogP contribution is -2.45. The zero-order chi connectivity index (χ0) is 18.1. The third-order valence-electron chi connectivity index (χ3n) is 4.21. The first-order valence-electron chi connectivity index (χ1n) is 8.57. The largest absolute Gasteiger partial charge is 0.497 e. The van der Waals surface area contributed by atoms with Gasteiger partial charge in [0.2, 0.25) is 0 Å². The molecule has 1 aliphatic rings. The molecule has 0 saturated carbocycles. The fourth-order valence-electron chi connectivity index (χ4n) is 2.67. The lowest BCUT2D eigenvalue weighted by molar-refractivity contribution is 0.0954. The third kappa shape index (κ3) is 7.22. The molecule has 1 aliphatic heterocycles. The van der Waals surface area contributed by atoms with E-state index in [0.717, 1.165) is 18.3 Å². The average Bonchev–Trinajstić information content (AvgIpc) is 3.07. The maximum Gasteiger partial charge on any atom is 0.251 e. The monoisotopic (exact) mass is 492 g/mol. The summed E-state index contributed by atoms with van der Waals surface area (Å²) in [6.07, 6.45) is 2.52. The van der Waals surface area contributed by atoms with Crippen LogP contribution < -0.4 is 20.7 Å². The Morgan fingerprint density at radius 1 is 1.23 bits per heavy atom. The number of methoxy groups -OCH3 is 1. The van der Waals surface area contributed by atoms with Gasteiger partial charge in [-0.15, -0.1) is 24.0 Å². The predicted octanol–water partition coefficient (Wildman–Crippen LogP) is 2.49. The molecule has 0 aliphatic carbocycles. The van der Waals surface area contributed by atoms with E-state index in [4.69, 9.17) is 4.74 Å². The Balaban J connectivity index is 0.00000338. The molecule has 26 heavy (non-hydrogen) atoms. The Bertz CT molecular complexity index is 589. The van der Waals surface area contributed by atoms with Crippen molar-refractivity contribution in [3.8, 4) is 5.75 Å². The molecule has 1 aromatic rings. The Kier molecular flexibility index (Phi) is 10.1. The van der Waals surface area contributed by atoms with Crippen LogP contribution in [-0.2, 0) is 0 Å². The Morgan fingerprint density at radius 2 is 1.92 bits per heavy atom. The van der Waals surface area contributed by atoms with Gasteiger partial charge in [-0.25, -0.2) is 0 Å². The summed E-state index contributed by atoms with van der Waals surface area (Å²) in [6.45, 7) is 4.33. The lowest BCUT2D eigenvalue weighted by Gasteiger charge is -2.24. The Labute approximate surface area is 177 Å². The second-order valence-electron chi connectivity index (χ2n) is 6.24. The first kappa shape index (κ1) is 22.9. The summed E-state index contributed by atoms with van der Waals surface area (Å²) in [7, 11) is 3.36. The molecule has 3 N–H and O–H groups in total. The van der Waals surface area contributed by atoms with Crippen LogP contribution in [0.15, 0.2) is 29.3 Å².